The number of carbonyl (C=O) groups is 1. The Kier molecular flexibility index (Phi) is 4.70. The molecule has 3 aromatic rings. The lowest BCUT2D eigenvalue weighted by atomic mass is 10.2. The molecule has 3 rings (SSSR count). The zero-order chi connectivity index (χ0) is 17.1. The van der Waals surface area contributed by atoms with E-state index in [1.165, 1.54) is 11.3 Å². The van der Waals surface area contributed by atoms with Crippen LogP contribution in [0.5, 0.6) is 0 Å². The number of esters is 1. The van der Waals surface area contributed by atoms with Gasteiger partial charge in [0.2, 0.25) is 0 Å². The Morgan fingerprint density at radius 3 is 2.92 bits per heavy atom. The minimum Gasteiger partial charge on any atom is -0.462 e. The van der Waals surface area contributed by atoms with Crippen LogP contribution >= 0.6 is 11.3 Å². The van der Waals surface area contributed by atoms with Gasteiger partial charge >= 0.3 is 5.97 Å². The molecule has 0 aromatic carbocycles. The van der Waals surface area contributed by atoms with E-state index in [-0.39, 0.29) is 5.97 Å². The summed E-state index contributed by atoms with van der Waals surface area (Å²) in [5.41, 5.74) is 0.844. The van der Waals surface area contributed by atoms with Crippen LogP contribution < -0.4 is 5.32 Å². The van der Waals surface area contributed by atoms with Crippen molar-refractivity contribution in [1.82, 2.24) is 25.0 Å². The van der Waals surface area contributed by atoms with Gasteiger partial charge in [-0.1, -0.05) is 5.21 Å². The number of aryl methyl sites for hydroxylation is 2. The molecular formula is C15H18N6O2S. The molecule has 3 aromatic heterocycles. The number of rotatable bonds is 6. The first kappa shape index (κ1) is 16.3. The highest BCUT2D eigenvalue weighted by Crippen LogP contribution is 2.34. The number of aromatic nitrogens is 5. The number of fused-ring (bicyclic) bond motifs is 1. The number of hydrogen-bond acceptors (Lipinski definition) is 8. The average molecular weight is 346 g/mol. The van der Waals surface area contributed by atoms with Crippen molar-refractivity contribution in [1.29, 1.82) is 0 Å². The van der Waals surface area contributed by atoms with Gasteiger partial charge in [0.05, 0.1) is 24.7 Å². The second-order valence-corrected chi connectivity index (χ2v) is 6.17. The smallest absolute Gasteiger partial charge is 0.348 e. The molecule has 3 heterocycles. The van der Waals surface area contributed by atoms with Gasteiger partial charge in [0, 0.05) is 12.7 Å². The third kappa shape index (κ3) is 3.21. The molecule has 0 atom stereocenters. The number of ether oxygens (including phenoxy) is 1. The maximum absolute atomic E-state index is 12.1. The van der Waals surface area contributed by atoms with Crippen molar-refractivity contribution in [2.75, 3.05) is 18.5 Å². The summed E-state index contributed by atoms with van der Waals surface area (Å²) >= 11 is 1.34. The average Bonchev–Trinajstić information content (AvgIpc) is 3.15. The van der Waals surface area contributed by atoms with Crippen molar-refractivity contribution >= 4 is 33.3 Å². The van der Waals surface area contributed by atoms with E-state index in [1.807, 2.05) is 13.8 Å². The van der Waals surface area contributed by atoms with Gasteiger partial charge in [-0.2, -0.15) is 0 Å². The Bertz CT molecular complexity index is 859. The molecule has 0 radical (unpaired) electrons. The number of nitrogens with zero attached hydrogens (tertiary/aromatic N) is 5. The van der Waals surface area contributed by atoms with Crippen molar-refractivity contribution in [3.05, 3.63) is 28.7 Å². The predicted molar refractivity (Wildman–Crippen MR) is 91.4 cm³/mol. The fraction of sp³-hybridized carbons (Fsp3) is 0.400. The molecule has 0 bridgehead atoms. The monoisotopic (exact) mass is 346 g/mol. The van der Waals surface area contributed by atoms with Gasteiger partial charge in [-0.15, -0.1) is 16.4 Å². The summed E-state index contributed by atoms with van der Waals surface area (Å²) in [7, 11) is 0. The highest BCUT2D eigenvalue weighted by Gasteiger charge is 2.20. The molecule has 0 aliphatic heterocycles. The van der Waals surface area contributed by atoms with E-state index in [2.05, 4.69) is 25.6 Å². The largest absolute Gasteiger partial charge is 0.462 e. The first-order valence-electron chi connectivity index (χ1n) is 7.63. The highest BCUT2D eigenvalue weighted by atomic mass is 32.1. The van der Waals surface area contributed by atoms with Gasteiger partial charge in [0.1, 0.15) is 21.3 Å². The number of carbonyl (C=O) groups excluding carboxylic acids is 1. The molecule has 0 saturated carbocycles. The van der Waals surface area contributed by atoms with Crippen LogP contribution in [0.2, 0.25) is 0 Å². The number of thiophene rings is 1. The summed E-state index contributed by atoms with van der Waals surface area (Å²) in [6.45, 7) is 7.17. The van der Waals surface area contributed by atoms with Gasteiger partial charge in [-0.25, -0.2) is 14.8 Å². The van der Waals surface area contributed by atoms with Crippen molar-refractivity contribution in [3.63, 3.8) is 0 Å². The van der Waals surface area contributed by atoms with Crippen LogP contribution in [0.3, 0.4) is 0 Å². The summed E-state index contributed by atoms with van der Waals surface area (Å²) < 4.78 is 6.86. The topological polar surface area (TPSA) is 94.8 Å². The van der Waals surface area contributed by atoms with Crippen molar-refractivity contribution < 1.29 is 9.53 Å². The van der Waals surface area contributed by atoms with Crippen LogP contribution in [0.4, 0.5) is 5.82 Å². The lowest BCUT2D eigenvalue weighted by Crippen LogP contribution is -2.12. The summed E-state index contributed by atoms with van der Waals surface area (Å²) in [6.07, 6.45) is 3.44. The fourth-order valence-electron chi connectivity index (χ4n) is 2.41. The fourth-order valence-corrected chi connectivity index (χ4v) is 3.53. The summed E-state index contributed by atoms with van der Waals surface area (Å²) in [5, 5.41) is 11.9. The van der Waals surface area contributed by atoms with Crippen LogP contribution in [0, 0.1) is 13.8 Å². The van der Waals surface area contributed by atoms with Crippen LogP contribution in [0.1, 0.15) is 28.0 Å². The molecule has 8 nitrogen and oxygen atoms in total. The van der Waals surface area contributed by atoms with Crippen molar-refractivity contribution in [3.8, 4) is 0 Å². The van der Waals surface area contributed by atoms with Crippen molar-refractivity contribution in [2.45, 2.75) is 27.3 Å². The summed E-state index contributed by atoms with van der Waals surface area (Å²) in [6, 6.07) is 0. The normalized spacial score (nSPS) is 11.0. The molecule has 0 amide bonds. The van der Waals surface area contributed by atoms with Crippen molar-refractivity contribution in [2.24, 2.45) is 0 Å². The molecule has 0 aliphatic carbocycles. The SMILES string of the molecule is CCOC(=O)c1sc2nc(C)nc(NCCn3ccnn3)c2c1C. The van der Waals surface area contributed by atoms with E-state index in [4.69, 9.17) is 4.74 Å². The third-order valence-electron chi connectivity index (χ3n) is 3.47. The van der Waals surface area contributed by atoms with Crippen LogP contribution in [-0.4, -0.2) is 44.1 Å². The summed E-state index contributed by atoms with van der Waals surface area (Å²) in [4.78, 5) is 22.4. The van der Waals surface area contributed by atoms with Crippen LogP contribution in [-0.2, 0) is 11.3 Å². The van der Waals surface area contributed by atoms with E-state index < -0.39 is 0 Å². The van der Waals surface area contributed by atoms with E-state index >= 15 is 0 Å². The Hall–Kier alpha value is -2.55. The Balaban J connectivity index is 1.90. The molecule has 0 saturated heterocycles. The predicted octanol–water partition coefficient (Wildman–Crippen LogP) is 2.19. The molecule has 0 spiro atoms. The second kappa shape index (κ2) is 6.91. The highest BCUT2D eigenvalue weighted by molar-refractivity contribution is 7.20. The molecule has 126 valence electrons. The van der Waals surface area contributed by atoms with E-state index in [0.717, 1.165) is 21.6 Å². The Morgan fingerprint density at radius 1 is 1.38 bits per heavy atom. The first-order chi connectivity index (χ1) is 11.6. The number of hydrogen-bond donors (Lipinski definition) is 1. The molecule has 0 aliphatic rings. The van der Waals surface area contributed by atoms with Crippen LogP contribution in [0.15, 0.2) is 12.4 Å². The zero-order valence-corrected chi connectivity index (χ0v) is 14.6. The molecule has 0 fully saturated rings. The minimum absolute atomic E-state index is 0.316. The lowest BCUT2D eigenvalue weighted by molar-refractivity contribution is 0.0531. The first-order valence-corrected chi connectivity index (χ1v) is 8.44. The maximum atomic E-state index is 12.1. The minimum atomic E-state index is -0.316. The van der Waals surface area contributed by atoms with Gasteiger partial charge in [-0.3, -0.25) is 4.68 Å². The maximum Gasteiger partial charge on any atom is 0.348 e. The molecule has 1 N–H and O–H groups in total. The molecule has 0 unspecified atom stereocenters. The zero-order valence-electron chi connectivity index (χ0n) is 13.7. The third-order valence-corrected chi connectivity index (χ3v) is 4.63. The van der Waals surface area contributed by atoms with Gasteiger partial charge in [0.15, 0.2) is 0 Å². The van der Waals surface area contributed by atoms with Gasteiger partial charge < -0.3 is 10.1 Å². The summed E-state index contributed by atoms with van der Waals surface area (Å²) in [5.74, 6) is 1.06. The van der Waals surface area contributed by atoms with E-state index in [9.17, 15) is 4.79 Å². The Morgan fingerprint density at radius 2 is 2.21 bits per heavy atom. The molecule has 9 heteroatoms. The van der Waals surface area contributed by atoms with E-state index in [1.54, 1.807) is 24.0 Å². The molecular weight excluding hydrogens is 328 g/mol. The molecule has 24 heavy (non-hydrogen) atoms. The van der Waals surface area contributed by atoms with Gasteiger partial charge in [-0.05, 0) is 26.3 Å². The van der Waals surface area contributed by atoms with Crippen LogP contribution in [0.25, 0.3) is 10.2 Å². The number of anilines is 1. The second-order valence-electron chi connectivity index (χ2n) is 5.17. The van der Waals surface area contributed by atoms with E-state index in [0.29, 0.717) is 30.4 Å². The standard InChI is InChI=1S/C15H18N6O2S/c1-4-23-15(22)12-9(2)11-13(18-10(3)19-14(11)24-12)16-5-7-21-8-6-17-20-21/h6,8H,4-5,7H2,1-3H3,(H,16,18,19). The van der Waals surface area contributed by atoms with Gasteiger partial charge in [0.25, 0.3) is 0 Å². The Labute approximate surface area is 142 Å². The number of nitrogens with one attached hydrogen (secondary N) is 1. The lowest BCUT2D eigenvalue weighted by Gasteiger charge is -2.08. The quantitative estimate of drug-likeness (QED) is 0.684.